The molecule has 32 heavy (non-hydrogen) atoms. The van der Waals surface area contributed by atoms with Crippen molar-refractivity contribution < 1.29 is 29.3 Å². The molecule has 4 bridgehead atoms. The molecule has 2 aliphatic heterocycles. The Morgan fingerprint density at radius 3 is 2.72 bits per heavy atom. The number of aromatic hydroxyl groups is 2. The molecule has 6 atom stereocenters. The van der Waals surface area contributed by atoms with Crippen LogP contribution in [-0.4, -0.2) is 38.7 Å². The van der Waals surface area contributed by atoms with Crippen LogP contribution in [0.2, 0.25) is 0 Å². The molecule has 3 aliphatic carbocycles. The normalized spacial score (nSPS) is 38.7. The molecule has 5 aliphatic rings. The average molecular weight is 458 g/mol. The highest BCUT2D eigenvalue weighted by atomic mass is 32.1. The fourth-order valence-corrected chi connectivity index (χ4v) is 7.27. The molecule has 1 aromatic carbocycles. The number of carbonyl (C=O) groups is 3. The van der Waals surface area contributed by atoms with E-state index in [-0.39, 0.29) is 52.2 Å². The van der Waals surface area contributed by atoms with Gasteiger partial charge in [0.05, 0.1) is 17.3 Å². The first-order chi connectivity index (χ1) is 15.0. The number of phenolic OH excluding ortho intramolecular Hbond substituents is 2. The number of amides is 1. The maximum Gasteiger partial charge on any atom is 0.224 e. The van der Waals surface area contributed by atoms with Crippen molar-refractivity contribution in [2.75, 3.05) is 5.32 Å². The zero-order chi connectivity index (χ0) is 23.1. The van der Waals surface area contributed by atoms with Gasteiger partial charge in [0.15, 0.2) is 11.5 Å². The van der Waals surface area contributed by atoms with Crippen LogP contribution in [0.3, 0.4) is 0 Å². The number of thiol groups is 1. The van der Waals surface area contributed by atoms with Crippen LogP contribution >= 0.6 is 12.6 Å². The largest absolute Gasteiger partial charge is 0.506 e. The molecular formula is C24H27NO6S. The molecule has 0 radical (unpaired) electrons. The predicted molar refractivity (Wildman–Crippen MR) is 120 cm³/mol. The van der Waals surface area contributed by atoms with Gasteiger partial charge in [-0.25, -0.2) is 0 Å². The molecule has 2 heterocycles. The number of hydrogen-bond donors (Lipinski definition) is 4. The van der Waals surface area contributed by atoms with E-state index in [9.17, 15) is 24.6 Å². The van der Waals surface area contributed by atoms with Crippen molar-refractivity contribution >= 4 is 35.1 Å². The van der Waals surface area contributed by atoms with Gasteiger partial charge in [-0.05, 0) is 62.1 Å². The lowest BCUT2D eigenvalue weighted by molar-refractivity contribution is -0.169. The highest BCUT2D eigenvalue weighted by molar-refractivity contribution is 7.97. The van der Waals surface area contributed by atoms with Crippen LogP contribution < -0.4 is 5.32 Å². The predicted octanol–water partition coefficient (Wildman–Crippen LogP) is 3.61. The second-order valence-electron chi connectivity index (χ2n) is 10.3. The van der Waals surface area contributed by atoms with Crippen molar-refractivity contribution in [1.82, 2.24) is 0 Å². The van der Waals surface area contributed by atoms with Gasteiger partial charge in [0.2, 0.25) is 11.0 Å². The summed E-state index contributed by atoms with van der Waals surface area (Å²) >= 11 is 3.69. The minimum absolute atomic E-state index is 0.0110. The second-order valence-corrected chi connectivity index (χ2v) is 10.7. The first-order valence-electron chi connectivity index (χ1n) is 11.0. The molecule has 1 spiro atoms. The van der Waals surface area contributed by atoms with Crippen molar-refractivity contribution in [1.29, 1.82) is 0 Å². The number of rotatable bonds is 5. The summed E-state index contributed by atoms with van der Waals surface area (Å²) in [6.45, 7) is 4.12. The lowest BCUT2D eigenvalue weighted by Crippen LogP contribution is -2.56. The Kier molecular flexibility index (Phi) is 4.60. The van der Waals surface area contributed by atoms with Crippen molar-refractivity contribution in [3.8, 4) is 11.5 Å². The van der Waals surface area contributed by atoms with E-state index in [1.807, 2.05) is 6.92 Å². The molecule has 2 saturated carbocycles. The van der Waals surface area contributed by atoms with Gasteiger partial charge in [-0.15, -0.1) is 12.6 Å². The van der Waals surface area contributed by atoms with Gasteiger partial charge in [0, 0.05) is 17.8 Å². The third-order valence-corrected chi connectivity index (χ3v) is 8.68. The van der Waals surface area contributed by atoms with Gasteiger partial charge in [-0.2, -0.15) is 0 Å². The molecule has 1 aromatic rings. The number of benzene rings is 1. The zero-order valence-corrected chi connectivity index (χ0v) is 18.9. The van der Waals surface area contributed by atoms with Gasteiger partial charge >= 0.3 is 0 Å². The van der Waals surface area contributed by atoms with Crippen molar-refractivity contribution in [3.63, 3.8) is 0 Å². The molecule has 0 aromatic heterocycles. The van der Waals surface area contributed by atoms with E-state index in [1.165, 1.54) is 12.1 Å². The van der Waals surface area contributed by atoms with Gasteiger partial charge in [0.25, 0.3) is 0 Å². The number of ether oxygens (including phenoxy) is 1. The summed E-state index contributed by atoms with van der Waals surface area (Å²) in [5.74, 6) is -0.802. The summed E-state index contributed by atoms with van der Waals surface area (Å²) < 4.78 is 6.42. The third kappa shape index (κ3) is 2.88. The highest BCUT2D eigenvalue weighted by Gasteiger charge is 2.71. The van der Waals surface area contributed by atoms with Crippen LogP contribution in [0.1, 0.15) is 56.3 Å². The fraction of sp³-hybridized carbons (Fsp3) is 0.542. The molecule has 6 rings (SSSR count). The van der Waals surface area contributed by atoms with Gasteiger partial charge in [-0.3, -0.25) is 14.4 Å². The highest BCUT2D eigenvalue weighted by Crippen LogP contribution is 2.71. The Labute approximate surface area is 191 Å². The molecule has 170 valence electrons. The fourth-order valence-electron chi connectivity index (χ4n) is 7.09. The van der Waals surface area contributed by atoms with E-state index in [0.29, 0.717) is 12.3 Å². The van der Waals surface area contributed by atoms with Crippen LogP contribution in [0.25, 0.3) is 0 Å². The van der Waals surface area contributed by atoms with E-state index in [1.54, 1.807) is 6.08 Å². The number of nitrogens with one attached hydrogen (secondary N) is 1. The lowest BCUT2D eigenvalue weighted by atomic mass is 9.51. The summed E-state index contributed by atoms with van der Waals surface area (Å²) in [5, 5.41) is 22.1. The smallest absolute Gasteiger partial charge is 0.224 e. The Balaban J connectivity index is 1.36. The number of allylic oxidation sites excluding steroid dienone is 2. The summed E-state index contributed by atoms with van der Waals surface area (Å²) in [5.41, 5.74) is -1.26. The third-order valence-electron chi connectivity index (χ3n) is 8.44. The lowest BCUT2D eigenvalue weighted by Gasteiger charge is -2.55. The number of anilines is 1. The number of hydrogen-bond acceptors (Lipinski definition) is 6. The molecule has 2 saturated heterocycles. The molecule has 0 unspecified atom stereocenters. The monoisotopic (exact) mass is 457 g/mol. The van der Waals surface area contributed by atoms with E-state index >= 15 is 0 Å². The van der Waals surface area contributed by atoms with Crippen LogP contribution in [0.15, 0.2) is 24.3 Å². The van der Waals surface area contributed by atoms with Gasteiger partial charge < -0.3 is 20.3 Å². The van der Waals surface area contributed by atoms with Crippen molar-refractivity contribution in [2.45, 2.75) is 57.7 Å². The minimum atomic E-state index is -0.736. The SMILES string of the molecule is C[C@]12C[C@@]34C=CC(=O)[C@@](C)(CCC(=O)Nc5c(O)ccc(C(=O)S)c5O)[C@H]3[C@H](C[C@@H]1C4)O2. The van der Waals surface area contributed by atoms with E-state index in [2.05, 4.69) is 30.9 Å². The number of ketones is 1. The minimum Gasteiger partial charge on any atom is -0.506 e. The Morgan fingerprint density at radius 1 is 1.28 bits per heavy atom. The Bertz CT molecular complexity index is 1080. The van der Waals surface area contributed by atoms with Crippen molar-refractivity contribution in [2.24, 2.45) is 22.7 Å². The Hall–Kier alpha value is -2.32. The van der Waals surface area contributed by atoms with Crippen LogP contribution in [0, 0.1) is 22.7 Å². The van der Waals surface area contributed by atoms with E-state index in [0.717, 1.165) is 19.3 Å². The molecule has 7 nitrogen and oxygen atoms in total. The average Bonchev–Trinajstić information content (AvgIpc) is 3.08. The van der Waals surface area contributed by atoms with Crippen LogP contribution in [-0.2, 0) is 14.3 Å². The zero-order valence-electron chi connectivity index (χ0n) is 18.1. The van der Waals surface area contributed by atoms with Gasteiger partial charge in [0.1, 0.15) is 11.4 Å². The summed E-state index contributed by atoms with van der Waals surface area (Å²) in [6.07, 6.45) is 7.04. The molecule has 8 heteroatoms. The standard InChI is InChI=1S/C24H27NO6S/c1-22(7-6-17(28)25-18-14(26)4-3-13(19(18)29)21(30)32)16(27)5-8-24-10-12-9-15(20(22)24)31-23(12,2)11-24/h3-5,8,12,15,20,26,29H,6-7,9-11H2,1-2H3,(H,25,28)(H,30,32)/t12-,15+,20-,22-,23+,24+/m1/s1. The molecular weight excluding hydrogens is 430 g/mol. The van der Waals surface area contributed by atoms with Crippen LogP contribution in [0.5, 0.6) is 11.5 Å². The summed E-state index contributed by atoms with van der Waals surface area (Å²) in [6, 6.07) is 2.44. The second kappa shape index (κ2) is 6.84. The summed E-state index contributed by atoms with van der Waals surface area (Å²) in [7, 11) is 0. The maximum atomic E-state index is 13.1. The van der Waals surface area contributed by atoms with E-state index < -0.39 is 22.2 Å². The van der Waals surface area contributed by atoms with Crippen LogP contribution in [0.4, 0.5) is 5.69 Å². The summed E-state index contributed by atoms with van der Waals surface area (Å²) in [4.78, 5) is 37.4. The molecule has 3 N–H and O–H groups in total. The maximum absolute atomic E-state index is 13.1. The number of phenols is 2. The first-order valence-corrected chi connectivity index (χ1v) is 11.4. The topological polar surface area (TPSA) is 113 Å². The molecule has 1 amide bonds. The first kappa shape index (κ1) is 21.5. The van der Waals surface area contributed by atoms with E-state index in [4.69, 9.17) is 4.74 Å². The Morgan fingerprint density at radius 2 is 2.03 bits per heavy atom. The quantitative estimate of drug-likeness (QED) is 0.397. The molecule has 4 fully saturated rings. The number of carbonyl (C=O) groups excluding carboxylic acids is 3. The van der Waals surface area contributed by atoms with Crippen molar-refractivity contribution in [3.05, 3.63) is 29.8 Å². The van der Waals surface area contributed by atoms with Gasteiger partial charge in [-0.1, -0.05) is 13.0 Å².